The summed E-state index contributed by atoms with van der Waals surface area (Å²) in [4.78, 5) is 11.3. The number of carbonyl (C=O) groups excluding carboxylic acids is 1. The summed E-state index contributed by atoms with van der Waals surface area (Å²) in [5.74, 6) is 0.933. The Morgan fingerprint density at radius 3 is 2.69 bits per heavy atom. The molecule has 0 bridgehead atoms. The fourth-order valence-corrected chi connectivity index (χ4v) is 1.99. The average molecular weight is 227 g/mol. The maximum Gasteiger partial charge on any atom is 0.221 e. The van der Waals surface area contributed by atoms with Crippen LogP contribution in [0, 0.1) is 5.92 Å². The summed E-state index contributed by atoms with van der Waals surface area (Å²) in [5.41, 5.74) is 0. The van der Waals surface area contributed by atoms with E-state index < -0.39 is 0 Å². The van der Waals surface area contributed by atoms with Gasteiger partial charge in [-0.25, -0.2) is 0 Å². The molecule has 0 spiro atoms. The Hall–Kier alpha value is -0.610. The molecule has 1 heterocycles. The van der Waals surface area contributed by atoms with Crippen LogP contribution in [0.25, 0.3) is 0 Å². The first-order valence-electron chi connectivity index (χ1n) is 6.39. The van der Waals surface area contributed by atoms with Crippen molar-refractivity contribution < 1.29 is 4.79 Å². The van der Waals surface area contributed by atoms with E-state index in [0.717, 1.165) is 32.1 Å². The summed E-state index contributed by atoms with van der Waals surface area (Å²) in [5, 5.41) is 9.62. The standard InChI is InChI=1S/C12H25N3O/c1-10(2)15-12(16)5-8-14-9-11-3-6-13-7-4-11/h10-11,13-14H,3-9H2,1-2H3,(H,15,16). The third-order valence-electron chi connectivity index (χ3n) is 2.87. The number of hydrogen-bond donors (Lipinski definition) is 3. The molecule has 1 aliphatic heterocycles. The van der Waals surface area contributed by atoms with Gasteiger partial charge in [-0.15, -0.1) is 0 Å². The Labute approximate surface area is 98.6 Å². The molecule has 0 radical (unpaired) electrons. The normalized spacial score (nSPS) is 17.7. The molecule has 4 nitrogen and oxygen atoms in total. The Morgan fingerprint density at radius 1 is 1.38 bits per heavy atom. The number of hydrogen-bond acceptors (Lipinski definition) is 3. The third-order valence-corrected chi connectivity index (χ3v) is 2.87. The minimum Gasteiger partial charge on any atom is -0.354 e. The number of amides is 1. The van der Waals surface area contributed by atoms with Crippen molar-refractivity contribution >= 4 is 5.91 Å². The molecule has 3 N–H and O–H groups in total. The molecule has 1 amide bonds. The second-order valence-corrected chi connectivity index (χ2v) is 4.87. The molecule has 94 valence electrons. The van der Waals surface area contributed by atoms with Crippen LogP contribution in [-0.2, 0) is 4.79 Å². The Balaban J connectivity index is 1.96. The van der Waals surface area contributed by atoms with Gasteiger partial charge in [-0.2, -0.15) is 0 Å². The van der Waals surface area contributed by atoms with Gasteiger partial charge in [0.25, 0.3) is 0 Å². The molecular formula is C12H25N3O. The summed E-state index contributed by atoms with van der Waals surface area (Å²) in [6.07, 6.45) is 3.10. The SMILES string of the molecule is CC(C)NC(=O)CCNCC1CCNCC1. The molecule has 0 aromatic rings. The van der Waals surface area contributed by atoms with Gasteiger partial charge in [0.15, 0.2) is 0 Å². The van der Waals surface area contributed by atoms with Crippen molar-refractivity contribution in [3.05, 3.63) is 0 Å². The number of piperidine rings is 1. The largest absolute Gasteiger partial charge is 0.354 e. The zero-order valence-electron chi connectivity index (χ0n) is 10.5. The van der Waals surface area contributed by atoms with Crippen LogP contribution in [0.5, 0.6) is 0 Å². The van der Waals surface area contributed by atoms with Crippen molar-refractivity contribution in [2.45, 2.75) is 39.2 Å². The lowest BCUT2D eigenvalue weighted by molar-refractivity contribution is -0.121. The van der Waals surface area contributed by atoms with E-state index in [2.05, 4.69) is 16.0 Å². The molecule has 1 aliphatic rings. The van der Waals surface area contributed by atoms with Crippen molar-refractivity contribution in [1.82, 2.24) is 16.0 Å². The zero-order chi connectivity index (χ0) is 11.8. The molecular weight excluding hydrogens is 202 g/mol. The quantitative estimate of drug-likeness (QED) is 0.579. The highest BCUT2D eigenvalue weighted by Crippen LogP contribution is 2.09. The lowest BCUT2D eigenvalue weighted by Crippen LogP contribution is -2.36. The summed E-state index contributed by atoms with van der Waals surface area (Å²) in [7, 11) is 0. The van der Waals surface area contributed by atoms with E-state index >= 15 is 0 Å². The van der Waals surface area contributed by atoms with E-state index in [0.29, 0.717) is 6.42 Å². The van der Waals surface area contributed by atoms with Crippen LogP contribution in [0.1, 0.15) is 33.1 Å². The Morgan fingerprint density at radius 2 is 2.06 bits per heavy atom. The molecule has 16 heavy (non-hydrogen) atoms. The summed E-state index contributed by atoms with van der Waals surface area (Å²) >= 11 is 0. The maximum atomic E-state index is 11.3. The summed E-state index contributed by atoms with van der Waals surface area (Å²) in [6.45, 7) is 8.10. The van der Waals surface area contributed by atoms with E-state index in [9.17, 15) is 4.79 Å². The van der Waals surface area contributed by atoms with E-state index in [1.165, 1.54) is 12.8 Å². The first-order valence-corrected chi connectivity index (χ1v) is 6.39. The van der Waals surface area contributed by atoms with Crippen LogP contribution in [0.3, 0.4) is 0 Å². The first-order chi connectivity index (χ1) is 7.68. The number of rotatable bonds is 6. The molecule has 4 heteroatoms. The maximum absolute atomic E-state index is 11.3. The molecule has 0 unspecified atom stereocenters. The van der Waals surface area contributed by atoms with Gasteiger partial charge in [-0.3, -0.25) is 4.79 Å². The zero-order valence-corrected chi connectivity index (χ0v) is 10.5. The molecule has 1 rings (SSSR count). The van der Waals surface area contributed by atoms with Crippen LogP contribution in [0.4, 0.5) is 0 Å². The third kappa shape index (κ3) is 6.08. The van der Waals surface area contributed by atoms with Gasteiger partial charge in [0.05, 0.1) is 0 Å². The fourth-order valence-electron chi connectivity index (χ4n) is 1.99. The fraction of sp³-hybridized carbons (Fsp3) is 0.917. The molecule has 0 aliphatic carbocycles. The van der Waals surface area contributed by atoms with Crippen molar-refractivity contribution in [1.29, 1.82) is 0 Å². The number of nitrogens with one attached hydrogen (secondary N) is 3. The highest BCUT2D eigenvalue weighted by atomic mass is 16.1. The number of carbonyl (C=O) groups is 1. The first kappa shape index (κ1) is 13.5. The Kier molecular flexibility index (Phi) is 6.42. The highest BCUT2D eigenvalue weighted by Gasteiger charge is 2.12. The molecule has 0 aromatic carbocycles. The molecule has 1 saturated heterocycles. The minimum absolute atomic E-state index is 0.146. The predicted octanol–water partition coefficient (Wildman–Crippen LogP) is 0.490. The monoisotopic (exact) mass is 227 g/mol. The lowest BCUT2D eigenvalue weighted by atomic mass is 9.98. The van der Waals surface area contributed by atoms with Gasteiger partial charge < -0.3 is 16.0 Å². The summed E-state index contributed by atoms with van der Waals surface area (Å²) in [6, 6.07) is 0.247. The second-order valence-electron chi connectivity index (χ2n) is 4.87. The van der Waals surface area contributed by atoms with Gasteiger partial charge in [0.2, 0.25) is 5.91 Å². The van der Waals surface area contributed by atoms with E-state index in [-0.39, 0.29) is 11.9 Å². The van der Waals surface area contributed by atoms with Gasteiger partial charge in [0.1, 0.15) is 0 Å². The molecule has 1 fully saturated rings. The topological polar surface area (TPSA) is 53.2 Å². The summed E-state index contributed by atoms with van der Waals surface area (Å²) < 4.78 is 0. The van der Waals surface area contributed by atoms with Gasteiger partial charge in [-0.1, -0.05) is 0 Å². The van der Waals surface area contributed by atoms with Gasteiger partial charge >= 0.3 is 0 Å². The van der Waals surface area contributed by atoms with Crippen LogP contribution < -0.4 is 16.0 Å². The average Bonchev–Trinajstić information content (AvgIpc) is 2.25. The van der Waals surface area contributed by atoms with Crippen LogP contribution >= 0.6 is 0 Å². The van der Waals surface area contributed by atoms with Crippen LogP contribution in [-0.4, -0.2) is 38.1 Å². The van der Waals surface area contributed by atoms with Gasteiger partial charge in [-0.05, 0) is 52.2 Å². The van der Waals surface area contributed by atoms with E-state index in [4.69, 9.17) is 0 Å². The Bertz CT molecular complexity index is 200. The lowest BCUT2D eigenvalue weighted by Gasteiger charge is -2.22. The van der Waals surface area contributed by atoms with E-state index in [1.807, 2.05) is 13.8 Å². The molecule has 0 saturated carbocycles. The molecule has 0 aromatic heterocycles. The predicted molar refractivity (Wildman–Crippen MR) is 66.4 cm³/mol. The highest BCUT2D eigenvalue weighted by molar-refractivity contribution is 5.76. The second kappa shape index (κ2) is 7.63. The smallest absolute Gasteiger partial charge is 0.221 e. The van der Waals surface area contributed by atoms with Gasteiger partial charge in [0, 0.05) is 19.0 Å². The van der Waals surface area contributed by atoms with Crippen molar-refractivity contribution in [2.75, 3.05) is 26.2 Å². The van der Waals surface area contributed by atoms with Crippen molar-refractivity contribution in [3.63, 3.8) is 0 Å². The molecule has 0 atom stereocenters. The van der Waals surface area contributed by atoms with E-state index in [1.54, 1.807) is 0 Å². The minimum atomic E-state index is 0.146. The van der Waals surface area contributed by atoms with Crippen molar-refractivity contribution in [3.8, 4) is 0 Å². The van der Waals surface area contributed by atoms with Crippen LogP contribution in [0.2, 0.25) is 0 Å². The van der Waals surface area contributed by atoms with Crippen molar-refractivity contribution in [2.24, 2.45) is 5.92 Å². The van der Waals surface area contributed by atoms with Crippen LogP contribution in [0.15, 0.2) is 0 Å².